The molecule has 1 aliphatic carbocycles. The molecule has 138 valence electrons. The Kier molecular flexibility index (Phi) is 4.89. The minimum Gasteiger partial charge on any atom is -0.392 e. The van der Waals surface area contributed by atoms with Crippen LogP contribution in [-0.4, -0.2) is 54.0 Å². The maximum absolute atomic E-state index is 10.2. The van der Waals surface area contributed by atoms with E-state index in [1.807, 2.05) is 0 Å². The Morgan fingerprint density at radius 3 is 2.88 bits per heavy atom. The number of hydrogen-bond acceptors (Lipinski definition) is 4. The fraction of sp³-hybridized carbons (Fsp3) is 0.714. The molecule has 4 heteroatoms. The van der Waals surface area contributed by atoms with Crippen LogP contribution in [0.3, 0.4) is 0 Å². The van der Waals surface area contributed by atoms with Crippen molar-refractivity contribution in [2.24, 2.45) is 11.3 Å². The van der Waals surface area contributed by atoms with E-state index in [-0.39, 0.29) is 11.5 Å². The number of hydrogen-bond donors (Lipinski definition) is 2. The van der Waals surface area contributed by atoms with Crippen molar-refractivity contribution in [2.75, 3.05) is 19.7 Å². The highest BCUT2D eigenvalue weighted by atomic mass is 16.5. The average Bonchev–Trinajstić information content (AvgIpc) is 2.95. The van der Waals surface area contributed by atoms with Crippen LogP contribution in [0.1, 0.15) is 38.7 Å². The van der Waals surface area contributed by atoms with Crippen molar-refractivity contribution in [3.05, 3.63) is 35.9 Å². The molecule has 2 heterocycles. The normalized spacial score (nSPS) is 37.5. The predicted molar refractivity (Wildman–Crippen MR) is 99.3 cm³/mol. The first-order valence-electron chi connectivity index (χ1n) is 9.86. The first-order chi connectivity index (χ1) is 12.1. The van der Waals surface area contributed by atoms with Crippen molar-refractivity contribution in [3.63, 3.8) is 0 Å². The summed E-state index contributed by atoms with van der Waals surface area (Å²) in [5.41, 5.74) is 1.54. The van der Waals surface area contributed by atoms with Gasteiger partial charge in [-0.3, -0.25) is 4.90 Å². The van der Waals surface area contributed by atoms with Crippen LogP contribution in [0.25, 0.3) is 0 Å². The van der Waals surface area contributed by atoms with Gasteiger partial charge in [0.15, 0.2) is 0 Å². The fourth-order valence-corrected chi connectivity index (χ4v) is 5.38. The number of nitrogens with zero attached hydrogens (tertiary/aromatic N) is 1. The third-order valence-corrected chi connectivity index (χ3v) is 6.64. The van der Waals surface area contributed by atoms with E-state index in [1.54, 1.807) is 0 Å². The molecule has 2 N–H and O–H groups in total. The number of rotatable bonds is 5. The molecule has 2 saturated heterocycles. The first kappa shape index (κ1) is 17.5. The number of aliphatic hydroxyl groups is 1. The van der Waals surface area contributed by atoms with E-state index in [4.69, 9.17) is 4.74 Å². The van der Waals surface area contributed by atoms with Gasteiger partial charge in [-0.2, -0.15) is 0 Å². The van der Waals surface area contributed by atoms with Gasteiger partial charge in [-0.05, 0) is 24.8 Å². The average molecular weight is 344 g/mol. The second-order valence-corrected chi connectivity index (χ2v) is 8.76. The molecule has 4 nitrogen and oxygen atoms in total. The molecule has 0 bridgehead atoms. The fourth-order valence-electron chi connectivity index (χ4n) is 5.38. The van der Waals surface area contributed by atoms with Gasteiger partial charge in [0.05, 0.1) is 12.2 Å². The first-order valence-corrected chi connectivity index (χ1v) is 9.86. The van der Waals surface area contributed by atoms with E-state index in [2.05, 4.69) is 54.4 Å². The summed E-state index contributed by atoms with van der Waals surface area (Å²) in [5, 5.41) is 14.0. The molecule has 5 atom stereocenters. The van der Waals surface area contributed by atoms with E-state index in [1.165, 1.54) is 18.4 Å². The van der Waals surface area contributed by atoms with Crippen LogP contribution in [0.15, 0.2) is 30.3 Å². The molecule has 0 amide bonds. The van der Waals surface area contributed by atoms with Gasteiger partial charge in [0.1, 0.15) is 0 Å². The van der Waals surface area contributed by atoms with Gasteiger partial charge >= 0.3 is 0 Å². The smallest absolute Gasteiger partial charge is 0.0684 e. The standard InChI is InChI=1S/C21H32N2O2/c1-21(2)19(18-9-6-10-25-20(18)21)22-12-16-11-17(24)14-23(16)13-15-7-4-3-5-8-15/h3-5,7-8,16-20,22,24H,6,9-14H2,1-2H3/t16-,17-,18+,19+,20+/m0/s1. The maximum Gasteiger partial charge on any atom is 0.0684 e. The lowest BCUT2D eigenvalue weighted by Crippen LogP contribution is -2.70. The Balaban J connectivity index is 1.36. The van der Waals surface area contributed by atoms with Crippen LogP contribution in [0, 0.1) is 11.3 Å². The number of benzene rings is 1. The van der Waals surface area contributed by atoms with Crippen LogP contribution in [0.5, 0.6) is 0 Å². The molecular weight excluding hydrogens is 312 g/mol. The van der Waals surface area contributed by atoms with Gasteiger partial charge in [0.25, 0.3) is 0 Å². The number of ether oxygens (including phenoxy) is 1. The van der Waals surface area contributed by atoms with Crippen molar-refractivity contribution in [1.29, 1.82) is 0 Å². The van der Waals surface area contributed by atoms with Crippen LogP contribution in [-0.2, 0) is 11.3 Å². The van der Waals surface area contributed by atoms with Crippen molar-refractivity contribution < 1.29 is 9.84 Å². The summed E-state index contributed by atoms with van der Waals surface area (Å²) in [6.45, 7) is 8.26. The molecule has 3 fully saturated rings. The Labute approximate surface area is 151 Å². The lowest BCUT2D eigenvalue weighted by molar-refractivity contribution is -0.192. The molecule has 0 aromatic heterocycles. The van der Waals surface area contributed by atoms with Crippen LogP contribution >= 0.6 is 0 Å². The molecular formula is C21H32N2O2. The summed E-state index contributed by atoms with van der Waals surface area (Å²) >= 11 is 0. The molecule has 3 aliphatic rings. The summed E-state index contributed by atoms with van der Waals surface area (Å²) in [6, 6.07) is 11.5. The van der Waals surface area contributed by atoms with Gasteiger partial charge in [-0.1, -0.05) is 44.2 Å². The molecule has 0 unspecified atom stereocenters. The van der Waals surface area contributed by atoms with Crippen LogP contribution < -0.4 is 5.32 Å². The van der Waals surface area contributed by atoms with E-state index >= 15 is 0 Å². The Morgan fingerprint density at radius 1 is 1.28 bits per heavy atom. The zero-order valence-electron chi connectivity index (χ0n) is 15.5. The van der Waals surface area contributed by atoms with E-state index in [0.29, 0.717) is 24.1 Å². The van der Waals surface area contributed by atoms with Gasteiger partial charge in [0.2, 0.25) is 0 Å². The van der Waals surface area contributed by atoms with E-state index in [0.717, 1.165) is 32.7 Å². The van der Waals surface area contributed by atoms with Gasteiger partial charge < -0.3 is 15.2 Å². The SMILES string of the molecule is CC1(C)[C@H](NC[C@@H]2C[C@H](O)CN2Cc2ccccc2)[C@H]2CCCO[C@H]21. The number of likely N-dealkylation sites (tertiary alicyclic amines) is 1. The zero-order chi connectivity index (χ0) is 17.4. The highest BCUT2D eigenvalue weighted by molar-refractivity contribution is 5.15. The number of fused-ring (bicyclic) bond motifs is 1. The number of nitrogens with one attached hydrogen (secondary N) is 1. The van der Waals surface area contributed by atoms with Crippen molar-refractivity contribution >= 4 is 0 Å². The molecule has 0 radical (unpaired) electrons. The molecule has 1 aromatic rings. The molecule has 1 saturated carbocycles. The lowest BCUT2D eigenvalue weighted by Gasteiger charge is -2.60. The predicted octanol–water partition coefficient (Wildman–Crippen LogP) is 2.41. The summed E-state index contributed by atoms with van der Waals surface area (Å²) in [5.74, 6) is 0.664. The Morgan fingerprint density at radius 2 is 2.08 bits per heavy atom. The molecule has 4 rings (SSSR count). The molecule has 25 heavy (non-hydrogen) atoms. The van der Waals surface area contributed by atoms with Crippen molar-refractivity contribution in [2.45, 2.75) is 63.9 Å². The Hall–Kier alpha value is -0.940. The third kappa shape index (κ3) is 3.37. The lowest BCUT2D eigenvalue weighted by atomic mass is 9.55. The largest absolute Gasteiger partial charge is 0.392 e. The van der Waals surface area contributed by atoms with Crippen LogP contribution in [0.4, 0.5) is 0 Å². The highest BCUT2D eigenvalue weighted by Gasteiger charge is 2.57. The monoisotopic (exact) mass is 344 g/mol. The molecule has 0 spiro atoms. The second kappa shape index (κ2) is 6.99. The van der Waals surface area contributed by atoms with Crippen molar-refractivity contribution in [3.8, 4) is 0 Å². The second-order valence-electron chi connectivity index (χ2n) is 8.76. The summed E-state index contributed by atoms with van der Waals surface area (Å²) in [7, 11) is 0. The minimum absolute atomic E-state index is 0.198. The zero-order valence-corrected chi connectivity index (χ0v) is 15.5. The summed E-state index contributed by atoms with van der Waals surface area (Å²) < 4.78 is 6.02. The number of aliphatic hydroxyl groups excluding tert-OH is 1. The van der Waals surface area contributed by atoms with Crippen LogP contribution in [0.2, 0.25) is 0 Å². The van der Waals surface area contributed by atoms with E-state index in [9.17, 15) is 5.11 Å². The minimum atomic E-state index is -0.198. The van der Waals surface area contributed by atoms with Gasteiger partial charge in [0, 0.05) is 49.7 Å². The van der Waals surface area contributed by atoms with Gasteiger partial charge in [-0.15, -0.1) is 0 Å². The third-order valence-electron chi connectivity index (χ3n) is 6.64. The molecule has 1 aromatic carbocycles. The highest BCUT2D eigenvalue weighted by Crippen LogP contribution is 2.51. The van der Waals surface area contributed by atoms with E-state index < -0.39 is 0 Å². The number of β-amino-alcohol motifs (C(OH)–C–C–N with tert-alkyl or cyclic N) is 1. The van der Waals surface area contributed by atoms with Gasteiger partial charge in [-0.25, -0.2) is 0 Å². The summed E-state index contributed by atoms with van der Waals surface area (Å²) in [6.07, 6.45) is 3.58. The molecule has 2 aliphatic heterocycles. The topological polar surface area (TPSA) is 44.7 Å². The quantitative estimate of drug-likeness (QED) is 0.861. The van der Waals surface area contributed by atoms with Crippen molar-refractivity contribution in [1.82, 2.24) is 10.2 Å². The Bertz CT molecular complexity index is 577. The maximum atomic E-state index is 10.2. The summed E-state index contributed by atoms with van der Waals surface area (Å²) in [4.78, 5) is 2.44.